The van der Waals surface area contributed by atoms with E-state index in [1.807, 2.05) is 37.3 Å². The number of piperidine rings is 1. The van der Waals surface area contributed by atoms with E-state index < -0.39 is 0 Å². The van der Waals surface area contributed by atoms with Crippen molar-refractivity contribution in [1.82, 2.24) is 15.1 Å². The fourth-order valence-electron chi connectivity index (χ4n) is 4.00. The lowest BCUT2D eigenvalue weighted by Gasteiger charge is -2.32. The summed E-state index contributed by atoms with van der Waals surface area (Å²) in [6, 6.07) is 14.5. The van der Waals surface area contributed by atoms with Gasteiger partial charge in [0.1, 0.15) is 5.75 Å². The summed E-state index contributed by atoms with van der Waals surface area (Å²) < 4.78 is 5.61. The lowest BCUT2D eigenvalue weighted by molar-refractivity contribution is 0.211. The molecule has 0 atom stereocenters. The van der Waals surface area contributed by atoms with E-state index in [9.17, 15) is 0 Å². The second kappa shape index (κ2) is 13.2. The third kappa shape index (κ3) is 7.33. The minimum atomic E-state index is 0. The van der Waals surface area contributed by atoms with E-state index in [1.165, 1.54) is 5.56 Å². The summed E-state index contributed by atoms with van der Waals surface area (Å²) in [6.07, 6.45) is 2.77. The van der Waals surface area contributed by atoms with Gasteiger partial charge in [0.2, 0.25) is 0 Å². The fourth-order valence-corrected chi connectivity index (χ4v) is 4.17. The maximum atomic E-state index is 8.84. The van der Waals surface area contributed by atoms with Crippen molar-refractivity contribution in [2.24, 2.45) is 0 Å². The Morgan fingerprint density at radius 3 is 2.48 bits per heavy atom. The number of anilines is 1. The molecule has 9 heteroatoms. The van der Waals surface area contributed by atoms with Crippen LogP contribution >= 0.6 is 36.4 Å². The molecule has 1 aliphatic rings. The fraction of sp³-hybridized carbons (Fsp3) is 0.417. The molecular formula is C24H31Cl3N4O2. The largest absolute Gasteiger partial charge is 0.494 e. The number of fused-ring (bicyclic) bond motifs is 1. The number of halogens is 3. The number of nitrogens with one attached hydrogen (secondary N) is 1. The smallest absolute Gasteiger partial charge is 0.156 e. The molecule has 1 saturated heterocycles. The number of aliphatic hydroxyl groups is 1. The predicted molar refractivity (Wildman–Crippen MR) is 139 cm³/mol. The van der Waals surface area contributed by atoms with E-state index in [1.54, 1.807) is 0 Å². The number of hydrogen-bond donors (Lipinski definition) is 2. The van der Waals surface area contributed by atoms with Crippen LogP contribution in [-0.2, 0) is 6.54 Å². The molecule has 0 radical (unpaired) electrons. The molecule has 2 N–H and O–H groups in total. The monoisotopic (exact) mass is 512 g/mol. The summed E-state index contributed by atoms with van der Waals surface area (Å²) >= 11 is 6.22. The molecule has 4 rings (SSSR count). The highest BCUT2D eigenvalue weighted by Gasteiger charge is 2.20. The molecule has 1 aliphatic heterocycles. The van der Waals surface area contributed by atoms with Crippen LogP contribution in [0.2, 0.25) is 5.02 Å². The van der Waals surface area contributed by atoms with E-state index in [2.05, 4.69) is 32.5 Å². The zero-order valence-corrected chi connectivity index (χ0v) is 21.1. The van der Waals surface area contributed by atoms with E-state index >= 15 is 0 Å². The topological polar surface area (TPSA) is 70.5 Å². The Morgan fingerprint density at radius 2 is 1.79 bits per heavy atom. The normalized spacial score (nSPS) is 14.4. The minimum absolute atomic E-state index is 0. The Morgan fingerprint density at radius 1 is 1.06 bits per heavy atom. The van der Waals surface area contributed by atoms with Crippen LogP contribution in [0.25, 0.3) is 10.8 Å². The van der Waals surface area contributed by atoms with Crippen LogP contribution in [0.1, 0.15) is 30.5 Å². The Bertz CT molecular complexity index is 1010. The second-order valence-corrected chi connectivity index (χ2v) is 8.52. The molecule has 0 spiro atoms. The quantitative estimate of drug-likeness (QED) is 0.400. The maximum absolute atomic E-state index is 8.84. The van der Waals surface area contributed by atoms with Crippen LogP contribution < -0.4 is 10.1 Å². The van der Waals surface area contributed by atoms with Gasteiger partial charge in [0.05, 0.1) is 12.3 Å². The molecule has 180 valence electrons. The van der Waals surface area contributed by atoms with Gasteiger partial charge in [-0.05, 0) is 49.6 Å². The van der Waals surface area contributed by atoms with Gasteiger partial charge in [0.25, 0.3) is 0 Å². The number of aryl methyl sites for hydroxylation is 1. The first-order chi connectivity index (χ1) is 15.1. The zero-order valence-electron chi connectivity index (χ0n) is 18.7. The molecule has 3 aromatic rings. The number of aliphatic hydroxyl groups excluding tert-OH is 1. The summed E-state index contributed by atoms with van der Waals surface area (Å²) in [5.41, 5.74) is 2.20. The van der Waals surface area contributed by atoms with Gasteiger partial charge in [-0.3, -0.25) is 4.90 Å². The van der Waals surface area contributed by atoms with Crippen molar-refractivity contribution >= 4 is 53.0 Å². The molecule has 1 fully saturated rings. The van der Waals surface area contributed by atoms with Gasteiger partial charge in [0.15, 0.2) is 5.82 Å². The van der Waals surface area contributed by atoms with Crippen molar-refractivity contribution < 1.29 is 9.84 Å². The first-order valence-corrected chi connectivity index (χ1v) is 11.2. The average Bonchev–Trinajstić information content (AvgIpc) is 2.78. The van der Waals surface area contributed by atoms with Gasteiger partial charge >= 0.3 is 0 Å². The van der Waals surface area contributed by atoms with Crippen LogP contribution in [0.5, 0.6) is 5.75 Å². The minimum Gasteiger partial charge on any atom is -0.494 e. The maximum Gasteiger partial charge on any atom is 0.156 e. The Kier molecular flexibility index (Phi) is 10.9. The lowest BCUT2D eigenvalue weighted by Crippen LogP contribution is -2.38. The molecular weight excluding hydrogens is 483 g/mol. The number of nitrogens with zero attached hydrogens (tertiary/aromatic N) is 3. The van der Waals surface area contributed by atoms with Crippen molar-refractivity contribution in [3.05, 3.63) is 58.7 Å². The third-order valence-corrected chi connectivity index (χ3v) is 5.99. The molecule has 2 heterocycles. The molecule has 0 bridgehead atoms. The van der Waals surface area contributed by atoms with Crippen molar-refractivity contribution in [3.8, 4) is 5.75 Å². The molecule has 33 heavy (non-hydrogen) atoms. The summed E-state index contributed by atoms with van der Waals surface area (Å²) in [5, 5.41) is 24.0. The van der Waals surface area contributed by atoms with Crippen LogP contribution in [0, 0.1) is 6.92 Å². The number of ether oxygens (including phenoxy) is 1. The number of rotatable bonds is 8. The average molecular weight is 514 g/mol. The van der Waals surface area contributed by atoms with Crippen molar-refractivity contribution in [1.29, 1.82) is 0 Å². The lowest BCUT2D eigenvalue weighted by atomic mass is 10.0. The highest BCUT2D eigenvalue weighted by Crippen LogP contribution is 2.28. The van der Waals surface area contributed by atoms with Crippen molar-refractivity contribution in [3.63, 3.8) is 0 Å². The molecule has 6 nitrogen and oxygen atoms in total. The van der Waals surface area contributed by atoms with E-state index in [0.29, 0.717) is 24.1 Å². The van der Waals surface area contributed by atoms with Gasteiger partial charge in [0, 0.05) is 54.5 Å². The highest BCUT2D eigenvalue weighted by molar-refractivity contribution is 6.31. The van der Waals surface area contributed by atoms with E-state index in [-0.39, 0.29) is 31.4 Å². The standard InChI is InChI=1S/C24H29ClN4O2.2ClH/c1-17-22-8-5-19(25)15-23(22)24(28-27-17)26-20-9-11-29(12-10-20)16-18-3-6-21(7-4-18)31-14-2-13-30;;/h3-8,15,20,30H,2,9-14,16H2,1H3,(H,26,28);2*1H. The van der Waals surface area contributed by atoms with Crippen LogP contribution in [0.3, 0.4) is 0 Å². The van der Waals surface area contributed by atoms with Crippen molar-refractivity contribution in [2.75, 3.05) is 31.6 Å². The van der Waals surface area contributed by atoms with Crippen molar-refractivity contribution in [2.45, 2.75) is 38.8 Å². The molecule has 0 aliphatic carbocycles. The number of aromatic nitrogens is 2. The third-order valence-electron chi connectivity index (χ3n) is 5.76. The summed E-state index contributed by atoms with van der Waals surface area (Å²) in [7, 11) is 0. The first-order valence-electron chi connectivity index (χ1n) is 10.9. The zero-order chi connectivity index (χ0) is 21.6. The predicted octanol–water partition coefficient (Wildman–Crippen LogP) is 5.27. The number of benzene rings is 2. The van der Waals surface area contributed by atoms with Gasteiger partial charge in [-0.15, -0.1) is 29.9 Å². The van der Waals surface area contributed by atoms with Gasteiger partial charge in [-0.25, -0.2) is 0 Å². The van der Waals surface area contributed by atoms with Gasteiger partial charge in [-0.2, -0.15) is 5.10 Å². The molecule has 0 amide bonds. The molecule has 2 aromatic carbocycles. The van der Waals surface area contributed by atoms with Crippen LogP contribution in [0.15, 0.2) is 42.5 Å². The first kappa shape index (κ1) is 27.4. The number of hydrogen-bond acceptors (Lipinski definition) is 6. The second-order valence-electron chi connectivity index (χ2n) is 8.09. The Balaban J connectivity index is 0.00000193. The Labute approximate surface area is 212 Å². The van der Waals surface area contributed by atoms with Gasteiger partial charge in [-0.1, -0.05) is 29.8 Å². The van der Waals surface area contributed by atoms with Crippen LogP contribution in [-0.4, -0.2) is 52.5 Å². The van der Waals surface area contributed by atoms with E-state index in [0.717, 1.165) is 60.5 Å². The van der Waals surface area contributed by atoms with E-state index in [4.69, 9.17) is 21.4 Å². The summed E-state index contributed by atoms with van der Waals surface area (Å²) in [6.45, 7) is 5.67. The molecule has 0 unspecified atom stereocenters. The Hall–Kier alpha value is -1.83. The highest BCUT2D eigenvalue weighted by atomic mass is 35.5. The van der Waals surface area contributed by atoms with Gasteiger partial charge < -0.3 is 15.2 Å². The molecule has 0 saturated carbocycles. The summed E-state index contributed by atoms with van der Waals surface area (Å²) in [4.78, 5) is 2.48. The summed E-state index contributed by atoms with van der Waals surface area (Å²) in [5.74, 6) is 1.67. The van der Waals surface area contributed by atoms with Crippen LogP contribution in [0.4, 0.5) is 5.82 Å². The SMILES string of the molecule is Cc1nnc(NC2CCN(Cc3ccc(OCCCO)cc3)CC2)c2cc(Cl)ccc12.Cl.Cl. The number of likely N-dealkylation sites (tertiary alicyclic amines) is 1. The molecule has 1 aromatic heterocycles.